The summed E-state index contributed by atoms with van der Waals surface area (Å²) in [5.41, 5.74) is 11.6. The average Bonchev–Trinajstić information content (AvgIpc) is 3.25. The van der Waals surface area contributed by atoms with Gasteiger partial charge in [0.1, 0.15) is 6.33 Å². The minimum atomic E-state index is -3.78. The zero-order valence-electron chi connectivity index (χ0n) is 17.2. The third kappa shape index (κ3) is 3.40. The summed E-state index contributed by atoms with van der Waals surface area (Å²) < 4.78 is 27.7. The van der Waals surface area contributed by atoms with Crippen LogP contribution in [0.25, 0.3) is 33.4 Å². The van der Waals surface area contributed by atoms with Gasteiger partial charge in [-0.25, -0.2) is 17.4 Å². The smallest absolute Gasteiger partial charge is 0.269 e. The summed E-state index contributed by atoms with van der Waals surface area (Å²) in [5, 5.41) is 8.37. The molecule has 0 aliphatic heterocycles. The maximum Gasteiger partial charge on any atom is 0.269 e. The number of aromatic nitrogens is 4. The van der Waals surface area contributed by atoms with Crippen LogP contribution < -0.4 is 5.73 Å². The van der Waals surface area contributed by atoms with Crippen molar-refractivity contribution >= 4 is 26.7 Å². The Bertz CT molecular complexity index is 1540. The van der Waals surface area contributed by atoms with Gasteiger partial charge >= 0.3 is 0 Å². The van der Waals surface area contributed by atoms with Gasteiger partial charge < -0.3 is 5.73 Å². The second-order valence-corrected chi connectivity index (χ2v) is 9.30. The van der Waals surface area contributed by atoms with Gasteiger partial charge in [-0.2, -0.15) is 10.2 Å². The highest BCUT2D eigenvalue weighted by Gasteiger charge is 2.21. The number of nitrogen functional groups attached to an aromatic ring is 1. The lowest BCUT2D eigenvalue weighted by molar-refractivity contribution is 0.588. The Morgan fingerprint density at radius 3 is 2.41 bits per heavy atom. The molecule has 5 aromatic rings. The van der Waals surface area contributed by atoms with E-state index in [0.717, 1.165) is 22.3 Å². The van der Waals surface area contributed by atoms with E-state index in [-0.39, 0.29) is 4.90 Å². The van der Waals surface area contributed by atoms with Crippen LogP contribution in [0.3, 0.4) is 0 Å². The van der Waals surface area contributed by atoms with Crippen molar-refractivity contribution in [2.45, 2.75) is 11.8 Å². The highest BCUT2D eigenvalue weighted by atomic mass is 32.2. The summed E-state index contributed by atoms with van der Waals surface area (Å²) in [7, 11) is -3.78. The molecule has 8 heteroatoms. The summed E-state index contributed by atoms with van der Waals surface area (Å²) >= 11 is 0. The molecule has 0 bridgehead atoms. The Hall–Kier alpha value is -4.04. The number of fused-ring (bicyclic) bond motifs is 1. The van der Waals surface area contributed by atoms with Crippen LogP contribution in [-0.4, -0.2) is 27.6 Å². The molecule has 0 fully saturated rings. The molecule has 32 heavy (non-hydrogen) atoms. The minimum absolute atomic E-state index is 0.212. The Morgan fingerprint density at radius 2 is 1.66 bits per heavy atom. The lowest BCUT2D eigenvalue weighted by Gasteiger charge is -2.08. The summed E-state index contributed by atoms with van der Waals surface area (Å²) in [4.78, 5) is 4.65. The number of hydrogen-bond donors (Lipinski definition) is 1. The van der Waals surface area contributed by atoms with E-state index in [9.17, 15) is 8.42 Å². The Labute approximate surface area is 185 Å². The molecule has 0 aliphatic carbocycles. The Balaban J connectivity index is 1.62. The molecule has 0 saturated heterocycles. The highest BCUT2D eigenvalue weighted by molar-refractivity contribution is 7.90. The van der Waals surface area contributed by atoms with E-state index in [1.807, 2.05) is 49.4 Å². The van der Waals surface area contributed by atoms with E-state index < -0.39 is 10.0 Å². The summed E-state index contributed by atoms with van der Waals surface area (Å²) in [6, 6.07) is 21.5. The largest absolute Gasteiger partial charge is 0.399 e. The lowest BCUT2D eigenvalue weighted by atomic mass is 10.0. The van der Waals surface area contributed by atoms with E-state index in [0.29, 0.717) is 22.4 Å². The normalized spacial score (nSPS) is 11.7. The van der Waals surface area contributed by atoms with Crippen molar-refractivity contribution in [1.29, 1.82) is 0 Å². The fourth-order valence-corrected chi connectivity index (χ4v) is 4.86. The molecular weight excluding hydrogens is 422 g/mol. The molecule has 0 saturated carbocycles. The van der Waals surface area contributed by atoms with Gasteiger partial charge in [0.15, 0.2) is 0 Å². The highest BCUT2D eigenvalue weighted by Crippen LogP contribution is 2.31. The van der Waals surface area contributed by atoms with Gasteiger partial charge in [0.05, 0.1) is 27.8 Å². The number of nitrogens with two attached hydrogens (primary N) is 1. The van der Waals surface area contributed by atoms with Crippen LogP contribution in [-0.2, 0) is 10.0 Å². The first-order valence-corrected chi connectivity index (χ1v) is 11.3. The quantitative estimate of drug-likeness (QED) is 0.417. The molecule has 0 unspecified atom stereocenters. The number of benzene rings is 3. The van der Waals surface area contributed by atoms with Gasteiger partial charge in [-0.15, -0.1) is 0 Å². The molecule has 7 nitrogen and oxygen atoms in total. The first-order chi connectivity index (χ1) is 15.4. The first kappa shape index (κ1) is 19.9. The fraction of sp³-hybridized carbons (Fsp3) is 0.0417. The molecule has 0 atom stereocenters. The average molecular weight is 442 g/mol. The maximum absolute atomic E-state index is 13.2. The molecule has 0 aliphatic rings. The number of anilines is 1. The van der Waals surface area contributed by atoms with Crippen LogP contribution in [0, 0.1) is 6.92 Å². The van der Waals surface area contributed by atoms with Crippen molar-refractivity contribution in [3.05, 3.63) is 90.9 Å². The number of aryl methyl sites for hydroxylation is 1. The van der Waals surface area contributed by atoms with Crippen LogP contribution >= 0.6 is 0 Å². The summed E-state index contributed by atoms with van der Waals surface area (Å²) in [5.74, 6) is 0. The van der Waals surface area contributed by atoms with Crippen LogP contribution in [0.2, 0.25) is 0 Å². The van der Waals surface area contributed by atoms with Gasteiger partial charge in [0, 0.05) is 22.4 Å². The predicted octanol–water partition coefficient (Wildman–Crippen LogP) is 4.29. The van der Waals surface area contributed by atoms with Crippen molar-refractivity contribution in [3.63, 3.8) is 0 Å². The lowest BCUT2D eigenvalue weighted by Crippen LogP contribution is -2.11. The summed E-state index contributed by atoms with van der Waals surface area (Å²) in [6.07, 6.45) is 2.99. The molecule has 2 aromatic heterocycles. The van der Waals surface area contributed by atoms with Crippen LogP contribution in [0.15, 0.2) is 90.2 Å². The van der Waals surface area contributed by atoms with E-state index >= 15 is 0 Å². The monoisotopic (exact) mass is 441 g/mol. The summed E-state index contributed by atoms with van der Waals surface area (Å²) in [6.45, 7) is 1.91. The number of para-hydroxylation sites is 1. The zero-order chi connectivity index (χ0) is 22.3. The second-order valence-electron chi connectivity index (χ2n) is 7.48. The molecule has 2 N–H and O–H groups in total. The molecule has 2 heterocycles. The topological polar surface area (TPSA) is 104 Å². The third-order valence-corrected chi connectivity index (χ3v) is 6.97. The van der Waals surface area contributed by atoms with Gasteiger partial charge in [-0.1, -0.05) is 42.0 Å². The number of hydrogen-bond acceptors (Lipinski definition) is 6. The predicted molar refractivity (Wildman–Crippen MR) is 124 cm³/mol. The van der Waals surface area contributed by atoms with E-state index in [1.165, 1.54) is 10.3 Å². The van der Waals surface area contributed by atoms with Crippen LogP contribution in [0.1, 0.15) is 5.56 Å². The van der Waals surface area contributed by atoms with E-state index in [1.54, 1.807) is 36.5 Å². The van der Waals surface area contributed by atoms with Gasteiger partial charge in [0.2, 0.25) is 0 Å². The van der Waals surface area contributed by atoms with Gasteiger partial charge in [-0.3, -0.25) is 0 Å². The zero-order valence-corrected chi connectivity index (χ0v) is 18.0. The molecule has 158 valence electrons. The number of nitrogens with zero attached hydrogens (tertiary/aromatic N) is 4. The molecule has 0 amide bonds. The Kier molecular flexibility index (Phi) is 4.71. The maximum atomic E-state index is 13.2. The molecule has 5 rings (SSSR count). The van der Waals surface area contributed by atoms with Crippen LogP contribution in [0.5, 0.6) is 0 Å². The molecule has 3 aromatic carbocycles. The standard InChI is InChI=1S/C24H19N5O2S/c1-16-5-11-20(12-6-16)32(30,31)29-15-26-24-21(3-2-4-23(24)29)18-13-22(28-27-14-18)17-7-9-19(25)10-8-17/h2-15H,25H2,1H3. The van der Waals surface area contributed by atoms with Gasteiger partial charge in [0.25, 0.3) is 10.0 Å². The molecular formula is C24H19N5O2S. The first-order valence-electron chi connectivity index (χ1n) is 9.91. The van der Waals surface area contributed by atoms with Crippen molar-refractivity contribution in [2.75, 3.05) is 5.73 Å². The minimum Gasteiger partial charge on any atom is -0.399 e. The number of rotatable bonds is 4. The fourth-order valence-electron chi connectivity index (χ4n) is 3.57. The van der Waals surface area contributed by atoms with Crippen LogP contribution in [0.4, 0.5) is 5.69 Å². The van der Waals surface area contributed by atoms with Crippen molar-refractivity contribution in [2.24, 2.45) is 0 Å². The third-order valence-electron chi connectivity index (χ3n) is 5.29. The van der Waals surface area contributed by atoms with Gasteiger partial charge in [-0.05, 0) is 43.3 Å². The van der Waals surface area contributed by atoms with Crippen molar-refractivity contribution in [1.82, 2.24) is 19.2 Å². The molecule has 0 spiro atoms. The van der Waals surface area contributed by atoms with E-state index in [4.69, 9.17) is 5.73 Å². The van der Waals surface area contributed by atoms with E-state index in [2.05, 4.69) is 15.2 Å². The molecule has 0 radical (unpaired) electrons. The number of imidazole rings is 1. The SMILES string of the molecule is Cc1ccc(S(=O)(=O)n2cnc3c(-c4cnnc(-c5ccc(N)cc5)c4)cccc32)cc1. The van der Waals surface area contributed by atoms with Crippen molar-refractivity contribution < 1.29 is 8.42 Å². The Morgan fingerprint density at radius 1 is 0.906 bits per heavy atom. The second kappa shape index (κ2) is 7.58. The van der Waals surface area contributed by atoms with Crippen molar-refractivity contribution in [3.8, 4) is 22.4 Å².